The van der Waals surface area contributed by atoms with Crippen molar-refractivity contribution in [1.82, 2.24) is 4.57 Å². The number of rotatable bonds is 7. The molecule has 56 heavy (non-hydrogen) atoms. The molecule has 0 N–H and O–H groups in total. The predicted octanol–water partition coefficient (Wildman–Crippen LogP) is 15.7. The SMILES string of the molecule is c1ccc(N(c2ccccc2)c2ccc(-c3ccc4c(c3)c3ccccc3n4-c3ccc(-c4ccc5c(c4)sc4cc(-c6cccs6)ccc45)cc3)cc2)cc1. The van der Waals surface area contributed by atoms with Gasteiger partial charge in [-0.15, -0.1) is 22.7 Å². The van der Waals surface area contributed by atoms with E-state index < -0.39 is 0 Å². The molecule has 0 saturated carbocycles. The van der Waals surface area contributed by atoms with Gasteiger partial charge in [0.2, 0.25) is 0 Å². The number of benzene rings is 8. The zero-order chi connectivity index (χ0) is 37.0. The lowest BCUT2D eigenvalue weighted by molar-refractivity contribution is 1.18. The average molecular weight is 751 g/mol. The van der Waals surface area contributed by atoms with Crippen LogP contribution in [0.1, 0.15) is 0 Å². The molecule has 3 heterocycles. The highest BCUT2D eigenvalue weighted by molar-refractivity contribution is 7.26. The molecule has 0 spiro atoms. The normalized spacial score (nSPS) is 11.6. The highest BCUT2D eigenvalue weighted by atomic mass is 32.1. The van der Waals surface area contributed by atoms with Crippen molar-refractivity contribution in [1.29, 1.82) is 0 Å². The number of aromatic nitrogens is 1. The minimum Gasteiger partial charge on any atom is -0.311 e. The van der Waals surface area contributed by atoms with Crippen LogP contribution in [0, 0.1) is 0 Å². The molecule has 0 saturated heterocycles. The van der Waals surface area contributed by atoms with E-state index in [0.29, 0.717) is 0 Å². The van der Waals surface area contributed by atoms with Gasteiger partial charge in [0.05, 0.1) is 11.0 Å². The van der Waals surface area contributed by atoms with E-state index in [2.05, 4.69) is 215 Å². The Kier molecular flexibility index (Phi) is 7.90. The van der Waals surface area contributed by atoms with E-state index >= 15 is 0 Å². The van der Waals surface area contributed by atoms with Crippen LogP contribution in [-0.4, -0.2) is 4.57 Å². The summed E-state index contributed by atoms with van der Waals surface area (Å²) < 4.78 is 5.06. The molecule has 0 radical (unpaired) electrons. The van der Waals surface area contributed by atoms with Gasteiger partial charge in [0.1, 0.15) is 0 Å². The van der Waals surface area contributed by atoms with Crippen molar-refractivity contribution in [2.75, 3.05) is 4.90 Å². The Balaban J connectivity index is 0.925. The first-order valence-corrected chi connectivity index (χ1v) is 20.6. The van der Waals surface area contributed by atoms with Gasteiger partial charge in [0, 0.05) is 58.6 Å². The lowest BCUT2D eigenvalue weighted by Crippen LogP contribution is -2.09. The van der Waals surface area contributed by atoms with Gasteiger partial charge in [-0.05, 0) is 118 Å². The monoisotopic (exact) mass is 750 g/mol. The quantitative estimate of drug-likeness (QED) is 0.157. The molecular weight excluding hydrogens is 717 g/mol. The molecule has 3 aromatic heterocycles. The molecule has 0 aliphatic rings. The Morgan fingerprint density at radius 2 is 0.893 bits per heavy atom. The molecule has 0 aliphatic heterocycles. The molecule has 4 heteroatoms. The van der Waals surface area contributed by atoms with Crippen LogP contribution in [0.5, 0.6) is 0 Å². The zero-order valence-electron chi connectivity index (χ0n) is 30.3. The average Bonchev–Trinajstić information content (AvgIpc) is 4.01. The number of nitrogens with zero attached hydrogens (tertiary/aromatic N) is 2. The van der Waals surface area contributed by atoms with Crippen molar-refractivity contribution in [2.45, 2.75) is 0 Å². The number of para-hydroxylation sites is 3. The molecule has 0 unspecified atom stereocenters. The van der Waals surface area contributed by atoms with Crippen LogP contribution in [-0.2, 0) is 0 Å². The smallest absolute Gasteiger partial charge is 0.0541 e. The molecule has 2 nitrogen and oxygen atoms in total. The molecular formula is C52H34N2S2. The second-order valence-corrected chi connectivity index (χ2v) is 16.2. The number of anilines is 3. The van der Waals surface area contributed by atoms with Crippen LogP contribution in [0.15, 0.2) is 206 Å². The second-order valence-electron chi connectivity index (χ2n) is 14.2. The number of hydrogen-bond acceptors (Lipinski definition) is 3. The Labute approximate surface area is 333 Å². The summed E-state index contributed by atoms with van der Waals surface area (Å²) in [5.74, 6) is 0. The van der Waals surface area contributed by atoms with E-state index in [0.717, 1.165) is 22.7 Å². The molecule has 0 bridgehead atoms. The Bertz CT molecular complexity index is 3120. The summed E-state index contributed by atoms with van der Waals surface area (Å²) in [6, 6.07) is 72.9. The predicted molar refractivity (Wildman–Crippen MR) is 243 cm³/mol. The third-order valence-electron chi connectivity index (χ3n) is 10.9. The summed E-state index contributed by atoms with van der Waals surface area (Å²) >= 11 is 3.68. The minimum atomic E-state index is 1.12. The van der Waals surface area contributed by atoms with Crippen molar-refractivity contribution in [2.24, 2.45) is 0 Å². The Morgan fingerprint density at radius 1 is 0.357 bits per heavy atom. The van der Waals surface area contributed by atoms with Gasteiger partial charge in [-0.3, -0.25) is 0 Å². The molecule has 8 aromatic carbocycles. The van der Waals surface area contributed by atoms with Gasteiger partial charge in [0.15, 0.2) is 0 Å². The molecule has 0 amide bonds. The van der Waals surface area contributed by atoms with Crippen molar-refractivity contribution in [3.8, 4) is 38.4 Å². The van der Waals surface area contributed by atoms with E-state index in [1.165, 1.54) is 74.7 Å². The van der Waals surface area contributed by atoms with Crippen molar-refractivity contribution >= 4 is 81.7 Å². The first-order chi connectivity index (χ1) is 27.7. The van der Waals surface area contributed by atoms with Crippen LogP contribution in [0.4, 0.5) is 17.1 Å². The fourth-order valence-corrected chi connectivity index (χ4v) is 10.1. The first kappa shape index (κ1) is 32.7. The number of fused-ring (bicyclic) bond motifs is 6. The molecule has 0 fully saturated rings. The van der Waals surface area contributed by atoms with Gasteiger partial charge in [0.25, 0.3) is 0 Å². The third kappa shape index (κ3) is 5.62. The molecule has 11 aromatic rings. The highest BCUT2D eigenvalue weighted by Gasteiger charge is 2.16. The van der Waals surface area contributed by atoms with E-state index in [1.54, 1.807) is 11.3 Å². The molecule has 0 atom stereocenters. The third-order valence-corrected chi connectivity index (χ3v) is 12.9. The summed E-state index contributed by atoms with van der Waals surface area (Å²) in [6.45, 7) is 0. The lowest BCUT2D eigenvalue weighted by Gasteiger charge is -2.25. The maximum Gasteiger partial charge on any atom is 0.0541 e. The zero-order valence-corrected chi connectivity index (χ0v) is 32.0. The molecule has 264 valence electrons. The minimum absolute atomic E-state index is 1.12. The lowest BCUT2D eigenvalue weighted by atomic mass is 10.0. The first-order valence-electron chi connectivity index (χ1n) is 18.9. The summed E-state index contributed by atoms with van der Waals surface area (Å²) in [4.78, 5) is 3.62. The second kappa shape index (κ2) is 13.5. The highest BCUT2D eigenvalue weighted by Crippen LogP contribution is 2.41. The fourth-order valence-electron chi connectivity index (χ4n) is 8.19. The summed E-state index contributed by atoms with van der Waals surface area (Å²) in [5.41, 5.74) is 13.1. The summed E-state index contributed by atoms with van der Waals surface area (Å²) in [6.07, 6.45) is 0. The standard InChI is InChI=1S/C52H34N2S2/c1-3-10-40(11-4-1)53(41-12-5-2-6-13-41)42-24-17-35(18-25-42)37-23-30-49-47(32-37)44-14-7-8-15-48(44)54(49)43-26-19-36(20-27-43)38-21-28-45-46-29-22-39(50-16-9-31-55-50)34-52(46)56-51(45)33-38/h1-34H. The van der Waals surface area contributed by atoms with Crippen LogP contribution in [0.2, 0.25) is 0 Å². The van der Waals surface area contributed by atoms with Gasteiger partial charge in [-0.1, -0.05) is 115 Å². The van der Waals surface area contributed by atoms with Crippen LogP contribution < -0.4 is 4.90 Å². The van der Waals surface area contributed by atoms with Gasteiger partial charge in [-0.25, -0.2) is 0 Å². The van der Waals surface area contributed by atoms with Gasteiger partial charge >= 0.3 is 0 Å². The number of thiophene rings is 2. The largest absolute Gasteiger partial charge is 0.311 e. The van der Waals surface area contributed by atoms with E-state index in [9.17, 15) is 0 Å². The summed E-state index contributed by atoms with van der Waals surface area (Å²) in [7, 11) is 0. The van der Waals surface area contributed by atoms with Gasteiger partial charge in [-0.2, -0.15) is 0 Å². The fraction of sp³-hybridized carbons (Fsp3) is 0. The van der Waals surface area contributed by atoms with Crippen molar-refractivity contribution < 1.29 is 0 Å². The van der Waals surface area contributed by atoms with Crippen LogP contribution >= 0.6 is 22.7 Å². The summed E-state index contributed by atoms with van der Waals surface area (Å²) in [5, 5.41) is 7.30. The van der Waals surface area contributed by atoms with Crippen LogP contribution in [0.3, 0.4) is 0 Å². The maximum atomic E-state index is 2.40. The van der Waals surface area contributed by atoms with Crippen LogP contribution in [0.25, 0.3) is 80.4 Å². The topological polar surface area (TPSA) is 8.17 Å². The van der Waals surface area contributed by atoms with E-state index in [4.69, 9.17) is 0 Å². The Morgan fingerprint density at radius 3 is 1.57 bits per heavy atom. The van der Waals surface area contributed by atoms with Crippen molar-refractivity contribution in [3.63, 3.8) is 0 Å². The number of hydrogen-bond donors (Lipinski definition) is 0. The van der Waals surface area contributed by atoms with E-state index in [1.807, 2.05) is 11.3 Å². The molecule has 0 aliphatic carbocycles. The Hall–Kier alpha value is -6.72. The molecule has 11 rings (SSSR count). The maximum absolute atomic E-state index is 2.40. The van der Waals surface area contributed by atoms with Crippen molar-refractivity contribution in [3.05, 3.63) is 206 Å². The van der Waals surface area contributed by atoms with Gasteiger partial charge < -0.3 is 9.47 Å². The van der Waals surface area contributed by atoms with E-state index in [-0.39, 0.29) is 0 Å².